The molecule has 0 heterocycles. The van der Waals surface area contributed by atoms with Crippen molar-refractivity contribution in [3.05, 3.63) is 152 Å². The van der Waals surface area contributed by atoms with Crippen molar-refractivity contribution in [1.29, 1.82) is 0 Å². The molecule has 161 valence electrons. The van der Waals surface area contributed by atoms with Crippen molar-refractivity contribution >= 4 is 37.1 Å². The fourth-order valence-electron chi connectivity index (χ4n) is 4.48. The van der Waals surface area contributed by atoms with Crippen molar-refractivity contribution in [2.24, 2.45) is 0 Å². The number of hydrogen-bond donors (Lipinski definition) is 0. The molecule has 0 spiro atoms. The lowest BCUT2D eigenvalue weighted by atomic mass is 10.0. The summed E-state index contributed by atoms with van der Waals surface area (Å²) in [6.45, 7) is 2.42. The van der Waals surface area contributed by atoms with Gasteiger partial charge < -0.3 is 0 Å². The van der Waals surface area contributed by atoms with Crippen LogP contribution in [-0.4, -0.2) is 5.66 Å². The van der Waals surface area contributed by atoms with Crippen molar-refractivity contribution in [2.75, 3.05) is 0 Å². The van der Waals surface area contributed by atoms with Gasteiger partial charge in [-0.05, 0) is 67.9 Å². The molecule has 0 amide bonds. The summed E-state index contributed by atoms with van der Waals surface area (Å²) in [6, 6.07) is 44.2. The first-order chi connectivity index (χ1) is 16.3. The van der Waals surface area contributed by atoms with Gasteiger partial charge in [0, 0.05) is 5.66 Å². The first-order valence-corrected chi connectivity index (χ1v) is 14.1. The van der Waals surface area contributed by atoms with Crippen LogP contribution in [0.15, 0.2) is 121 Å². The van der Waals surface area contributed by atoms with E-state index in [1.165, 1.54) is 32.8 Å². The lowest BCUT2D eigenvalue weighted by Crippen LogP contribution is -2.28. The van der Waals surface area contributed by atoms with Gasteiger partial charge in [0.15, 0.2) is 0 Å². The van der Waals surface area contributed by atoms with Crippen LogP contribution >= 0.6 is 15.8 Å². The number of hydrogen-bond acceptors (Lipinski definition) is 0. The van der Waals surface area contributed by atoms with Gasteiger partial charge in [0.25, 0.3) is 0 Å². The zero-order chi connectivity index (χ0) is 22.5. The Kier molecular flexibility index (Phi) is 7.36. The molecule has 0 saturated heterocycles. The third kappa shape index (κ3) is 4.99. The summed E-state index contributed by atoms with van der Waals surface area (Å²) >= 11 is 0. The van der Waals surface area contributed by atoms with Crippen molar-refractivity contribution in [3.63, 3.8) is 0 Å². The van der Waals surface area contributed by atoms with E-state index in [-0.39, 0.29) is 0 Å². The standard InChI is InChI=1S/C31H27P2/c1-25(32(26-15-6-2-7-16-26)27-17-8-3-9-18-27)30-23-14-24-31(30)33(28-19-10-4-11-20-28)29-21-12-5-13-22-29/h2-25H,1H3/t25-/m1/s1. The van der Waals surface area contributed by atoms with Crippen LogP contribution in [0.25, 0.3) is 0 Å². The SMILES string of the molecule is C[C@H]([C]1[CH][CH][CH][C]1P(c1ccccc1)c1ccccc1)P(c1ccccc1)c1ccccc1. The molecular formula is C31H27P2. The maximum Gasteiger partial charge on any atom is 0.0201 e. The van der Waals surface area contributed by atoms with E-state index in [0.717, 1.165) is 0 Å². The predicted molar refractivity (Wildman–Crippen MR) is 147 cm³/mol. The summed E-state index contributed by atoms with van der Waals surface area (Å²) in [5, 5.41) is 5.67. The highest BCUT2D eigenvalue weighted by Gasteiger charge is 2.42. The van der Waals surface area contributed by atoms with Gasteiger partial charge in [-0.25, -0.2) is 0 Å². The topological polar surface area (TPSA) is 0 Å². The molecule has 0 bridgehead atoms. The van der Waals surface area contributed by atoms with E-state index >= 15 is 0 Å². The van der Waals surface area contributed by atoms with Crippen molar-refractivity contribution in [2.45, 2.75) is 12.6 Å². The Morgan fingerprint density at radius 1 is 0.485 bits per heavy atom. The molecule has 0 nitrogen and oxygen atoms in total. The van der Waals surface area contributed by atoms with Crippen molar-refractivity contribution < 1.29 is 0 Å². The molecule has 33 heavy (non-hydrogen) atoms. The molecule has 1 aliphatic rings. The maximum absolute atomic E-state index is 2.42. The monoisotopic (exact) mass is 461 g/mol. The first-order valence-electron chi connectivity index (χ1n) is 11.4. The van der Waals surface area contributed by atoms with Crippen LogP contribution in [0.4, 0.5) is 0 Å². The van der Waals surface area contributed by atoms with Crippen LogP contribution in [0.2, 0.25) is 0 Å². The number of benzene rings is 4. The highest BCUT2D eigenvalue weighted by atomic mass is 31.1. The summed E-state index contributed by atoms with van der Waals surface area (Å²) in [6.07, 6.45) is 6.98. The van der Waals surface area contributed by atoms with Crippen LogP contribution in [0, 0.1) is 30.8 Å². The zero-order valence-electron chi connectivity index (χ0n) is 18.8. The molecule has 0 unspecified atom stereocenters. The Morgan fingerprint density at radius 2 is 0.879 bits per heavy atom. The Balaban J connectivity index is 1.54. The minimum atomic E-state index is -0.614. The van der Waals surface area contributed by atoms with Gasteiger partial charge in [0.2, 0.25) is 0 Å². The highest BCUT2D eigenvalue weighted by molar-refractivity contribution is 7.76. The maximum atomic E-state index is 2.42. The Morgan fingerprint density at radius 3 is 1.30 bits per heavy atom. The van der Waals surface area contributed by atoms with Crippen LogP contribution < -0.4 is 21.2 Å². The summed E-state index contributed by atoms with van der Waals surface area (Å²) < 4.78 is 0. The van der Waals surface area contributed by atoms with E-state index in [1.54, 1.807) is 0 Å². The van der Waals surface area contributed by atoms with E-state index in [1.807, 2.05) is 0 Å². The van der Waals surface area contributed by atoms with Gasteiger partial charge in [-0.3, -0.25) is 0 Å². The second kappa shape index (κ2) is 10.8. The van der Waals surface area contributed by atoms with Crippen molar-refractivity contribution in [3.8, 4) is 0 Å². The first kappa shape index (κ1) is 22.5. The Bertz CT molecular complexity index is 1030. The molecule has 4 aromatic rings. The summed E-state index contributed by atoms with van der Waals surface area (Å²) in [7, 11) is -1.15. The third-order valence-electron chi connectivity index (χ3n) is 6.00. The van der Waals surface area contributed by atoms with Crippen LogP contribution in [-0.2, 0) is 0 Å². The fraction of sp³-hybridized carbons (Fsp3) is 0.0645. The average Bonchev–Trinajstić information content (AvgIpc) is 3.36. The molecule has 1 aliphatic carbocycles. The van der Waals surface area contributed by atoms with E-state index < -0.39 is 15.8 Å². The van der Waals surface area contributed by atoms with Gasteiger partial charge in [-0.2, -0.15) is 0 Å². The molecule has 0 aliphatic heterocycles. The molecule has 0 N–H and O–H groups in total. The van der Waals surface area contributed by atoms with Crippen LogP contribution in [0.5, 0.6) is 0 Å². The molecule has 2 heteroatoms. The van der Waals surface area contributed by atoms with E-state index in [0.29, 0.717) is 5.66 Å². The van der Waals surface area contributed by atoms with E-state index in [4.69, 9.17) is 0 Å². The van der Waals surface area contributed by atoms with Crippen LogP contribution in [0.3, 0.4) is 0 Å². The molecule has 1 atom stereocenters. The summed E-state index contributed by atoms with van der Waals surface area (Å²) in [5.41, 5.74) is 1.89. The van der Waals surface area contributed by atoms with Gasteiger partial charge >= 0.3 is 0 Å². The quantitative estimate of drug-likeness (QED) is 0.281. The lowest BCUT2D eigenvalue weighted by Gasteiger charge is -2.36. The molecular weight excluding hydrogens is 434 g/mol. The average molecular weight is 462 g/mol. The highest BCUT2D eigenvalue weighted by Crippen LogP contribution is 2.61. The molecule has 1 fully saturated rings. The largest absolute Gasteiger partial charge is 0.0622 e. The van der Waals surface area contributed by atoms with Crippen LogP contribution in [0.1, 0.15) is 6.92 Å². The number of rotatable bonds is 7. The lowest BCUT2D eigenvalue weighted by molar-refractivity contribution is 1.00. The second-order valence-corrected chi connectivity index (χ2v) is 12.8. The minimum Gasteiger partial charge on any atom is -0.0622 e. The van der Waals surface area contributed by atoms with Gasteiger partial charge in [-0.1, -0.05) is 128 Å². The molecule has 4 aromatic carbocycles. The summed E-state index contributed by atoms with van der Waals surface area (Å²) in [5.74, 6) is 1.48. The minimum absolute atomic E-state index is 0.409. The van der Waals surface area contributed by atoms with E-state index in [2.05, 4.69) is 148 Å². The zero-order valence-corrected chi connectivity index (χ0v) is 20.5. The fourth-order valence-corrected chi connectivity index (χ4v) is 9.82. The predicted octanol–water partition coefficient (Wildman–Crippen LogP) is 6.37. The third-order valence-corrected chi connectivity index (χ3v) is 11.3. The molecule has 5 radical (unpaired) electrons. The Labute approximate surface area is 201 Å². The molecule has 0 aromatic heterocycles. The smallest absolute Gasteiger partial charge is 0.0201 e. The van der Waals surface area contributed by atoms with Gasteiger partial charge in [-0.15, -0.1) is 0 Å². The molecule has 5 rings (SSSR count). The Hall–Kier alpha value is -2.26. The van der Waals surface area contributed by atoms with E-state index in [9.17, 15) is 0 Å². The molecule has 1 saturated carbocycles. The summed E-state index contributed by atoms with van der Waals surface area (Å²) in [4.78, 5) is 0. The normalized spacial score (nSPS) is 15.8. The van der Waals surface area contributed by atoms with Gasteiger partial charge in [0.05, 0.1) is 0 Å². The van der Waals surface area contributed by atoms with Gasteiger partial charge in [0.1, 0.15) is 0 Å². The second-order valence-electron chi connectivity index (χ2n) is 8.09. The van der Waals surface area contributed by atoms with Crippen molar-refractivity contribution in [1.82, 2.24) is 0 Å².